The van der Waals surface area contributed by atoms with Crippen LogP contribution in [0.2, 0.25) is 5.02 Å². The lowest BCUT2D eigenvalue weighted by atomic mass is 10.2. The maximum Gasteiger partial charge on any atom is 0.343 e. The molecule has 0 aliphatic carbocycles. The van der Waals surface area contributed by atoms with E-state index in [-0.39, 0.29) is 22.0 Å². The number of anilines is 1. The van der Waals surface area contributed by atoms with E-state index in [1.54, 1.807) is 48.5 Å². The van der Waals surface area contributed by atoms with E-state index in [4.69, 9.17) is 16.3 Å². The van der Waals surface area contributed by atoms with Gasteiger partial charge in [0.15, 0.2) is 0 Å². The van der Waals surface area contributed by atoms with Crippen LogP contribution in [0.1, 0.15) is 31.1 Å². The van der Waals surface area contributed by atoms with Crippen LogP contribution in [-0.2, 0) is 10.0 Å². The lowest BCUT2D eigenvalue weighted by Crippen LogP contribution is -2.37. The number of carbonyl (C=O) groups excluding carboxylic acids is 2. The monoisotopic (exact) mass is 535 g/mol. The van der Waals surface area contributed by atoms with Gasteiger partial charge in [-0.3, -0.25) is 4.79 Å². The summed E-state index contributed by atoms with van der Waals surface area (Å²) in [7, 11) is -4.60. The number of esters is 1. The SMILES string of the molecule is O=C(Oc1ccc(N(C(=O)c2ccccc2)S(=O)(=O)c2ccc(Cl)c(C(=O)O)c2)cc1)c1ccccc1. The van der Waals surface area contributed by atoms with Crippen molar-refractivity contribution in [3.63, 3.8) is 0 Å². The highest BCUT2D eigenvalue weighted by Gasteiger charge is 2.33. The van der Waals surface area contributed by atoms with Crippen LogP contribution in [0, 0.1) is 0 Å². The van der Waals surface area contributed by atoms with Crippen LogP contribution < -0.4 is 9.04 Å². The second-order valence-corrected chi connectivity index (χ2v) is 9.83. The van der Waals surface area contributed by atoms with Gasteiger partial charge < -0.3 is 9.84 Å². The lowest BCUT2D eigenvalue weighted by molar-refractivity contribution is 0.0694. The van der Waals surface area contributed by atoms with E-state index >= 15 is 0 Å². The van der Waals surface area contributed by atoms with Crippen molar-refractivity contribution in [1.29, 1.82) is 0 Å². The average Bonchev–Trinajstić information content (AvgIpc) is 2.90. The highest BCUT2D eigenvalue weighted by atomic mass is 35.5. The third-order valence-electron chi connectivity index (χ3n) is 5.20. The number of ether oxygens (including phenoxy) is 1. The smallest absolute Gasteiger partial charge is 0.343 e. The van der Waals surface area contributed by atoms with Gasteiger partial charge in [-0.15, -0.1) is 0 Å². The number of aromatic carboxylic acids is 1. The van der Waals surface area contributed by atoms with Crippen molar-refractivity contribution in [2.75, 3.05) is 4.31 Å². The molecule has 0 radical (unpaired) electrons. The summed E-state index contributed by atoms with van der Waals surface area (Å²) in [4.78, 5) is 36.8. The largest absolute Gasteiger partial charge is 0.478 e. The maximum atomic E-state index is 13.7. The summed E-state index contributed by atoms with van der Waals surface area (Å²) in [5.41, 5.74) is -0.0803. The van der Waals surface area contributed by atoms with Gasteiger partial charge in [-0.25, -0.2) is 18.0 Å². The molecule has 0 aliphatic rings. The highest BCUT2D eigenvalue weighted by Crippen LogP contribution is 2.30. The molecule has 0 aliphatic heterocycles. The van der Waals surface area contributed by atoms with Gasteiger partial charge >= 0.3 is 11.9 Å². The first-order valence-corrected chi connectivity index (χ1v) is 12.5. The van der Waals surface area contributed by atoms with Crippen molar-refractivity contribution in [2.24, 2.45) is 0 Å². The first-order chi connectivity index (χ1) is 17.7. The molecule has 0 saturated carbocycles. The van der Waals surface area contributed by atoms with Crippen molar-refractivity contribution in [1.82, 2.24) is 0 Å². The second-order valence-electron chi connectivity index (χ2n) is 7.64. The van der Waals surface area contributed by atoms with E-state index in [0.29, 0.717) is 9.87 Å². The van der Waals surface area contributed by atoms with E-state index in [2.05, 4.69) is 0 Å². The first-order valence-electron chi connectivity index (χ1n) is 10.7. The molecule has 37 heavy (non-hydrogen) atoms. The Hall–Kier alpha value is -4.47. The predicted molar refractivity (Wildman–Crippen MR) is 137 cm³/mol. The molecule has 0 unspecified atom stereocenters. The van der Waals surface area contributed by atoms with Crippen molar-refractivity contribution in [3.8, 4) is 5.75 Å². The fourth-order valence-corrected chi connectivity index (χ4v) is 5.03. The minimum atomic E-state index is -4.60. The van der Waals surface area contributed by atoms with Crippen LogP contribution in [0.3, 0.4) is 0 Å². The van der Waals surface area contributed by atoms with E-state index in [1.807, 2.05) is 0 Å². The Morgan fingerprint density at radius 2 is 1.32 bits per heavy atom. The van der Waals surface area contributed by atoms with Crippen LogP contribution >= 0.6 is 11.6 Å². The molecular weight excluding hydrogens is 518 g/mol. The molecule has 0 atom stereocenters. The van der Waals surface area contributed by atoms with E-state index < -0.39 is 38.3 Å². The van der Waals surface area contributed by atoms with E-state index in [9.17, 15) is 27.9 Å². The minimum Gasteiger partial charge on any atom is -0.478 e. The fourth-order valence-electron chi connectivity index (χ4n) is 3.39. The molecule has 4 aromatic rings. The van der Waals surface area contributed by atoms with Crippen molar-refractivity contribution in [3.05, 3.63) is 125 Å². The van der Waals surface area contributed by atoms with Crippen LogP contribution in [0.15, 0.2) is 108 Å². The zero-order chi connectivity index (χ0) is 26.6. The fraction of sp³-hybridized carbons (Fsp3) is 0. The van der Waals surface area contributed by atoms with Crippen molar-refractivity contribution >= 4 is 45.2 Å². The minimum absolute atomic E-state index is 0.0554. The zero-order valence-corrected chi connectivity index (χ0v) is 20.5. The number of halogens is 1. The number of rotatable bonds is 7. The molecule has 0 bridgehead atoms. The van der Waals surface area contributed by atoms with Crippen molar-refractivity contribution < 1.29 is 32.6 Å². The normalized spacial score (nSPS) is 10.9. The molecule has 10 heteroatoms. The van der Waals surface area contributed by atoms with Gasteiger partial charge in [0.25, 0.3) is 15.9 Å². The molecule has 4 aromatic carbocycles. The molecule has 0 spiro atoms. The van der Waals surface area contributed by atoms with Gasteiger partial charge in [0.2, 0.25) is 0 Å². The Morgan fingerprint density at radius 1 is 0.757 bits per heavy atom. The summed E-state index contributed by atoms with van der Waals surface area (Å²) in [5.74, 6) is -2.78. The second kappa shape index (κ2) is 10.7. The summed E-state index contributed by atoms with van der Waals surface area (Å²) in [6, 6.07) is 24.5. The number of carboxylic acid groups (broad SMARTS) is 1. The molecule has 1 N–H and O–H groups in total. The molecule has 0 heterocycles. The molecule has 1 amide bonds. The number of carbonyl (C=O) groups is 3. The molecule has 186 valence electrons. The molecule has 0 aromatic heterocycles. The third-order valence-corrected chi connectivity index (χ3v) is 7.24. The van der Waals surface area contributed by atoms with Crippen LogP contribution in [-0.4, -0.2) is 31.4 Å². The number of benzene rings is 4. The summed E-state index contributed by atoms with van der Waals surface area (Å²) in [5, 5.41) is 9.23. The number of sulfonamides is 1. The number of carboxylic acids is 1. The molecule has 8 nitrogen and oxygen atoms in total. The lowest BCUT2D eigenvalue weighted by Gasteiger charge is -2.23. The standard InChI is InChI=1S/C27H18ClNO7S/c28-24-16-15-22(17-23(24)26(31)32)37(34,35)29(25(30)18-7-3-1-4-8-18)20-11-13-21(14-12-20)36-27(33)19-9-5-2-6-10-19/h1-17H,(H,31,32). The van der Waals surface area contributed by atoms with Crippen LogP contribution in [0.4, 0.5) is 5.69 Å². The van der Waals surface area contributed by atoms with Gasteiger partial charge in [-0.05, 0) is 66.7 Å². The molecule has 0 fully saturated rings. The number of amides is 1. The summed E-state index contributed by atoms with van der Waals surface area (Å²) in [6.07, 6.45) is 0. The highest BCUT2D eigenvalue weighted by molar-refractivity contribution is 7.93. The quantitative estimate of drug-likeness (QED) is 0.252. The Labute approximate surface area is 217 Å². The van der Waals surface area contributed by atoms with Crippen LogP contribution in [0.5, 0.6) is 5.75 Å². The third kappa shape index (κ3) is 5.53. The predicted octanol–water partition coefficient (Wildman–Crippen LogP) is 5.29. The van der Waals surface area contributed by atoms with Gasteiger partial charge in [0, 0.05) is 5.56 Å². The van der Waals surface area contributed by atoms with Crippen LogP contribution in [0.25, 0.3) is 0 Å². The molecule has 4 rings (SSSR count). The van der Waals surface area contributed by atoms with E-state index in [1.165, 1.54) is 36.4 Å². The zero-order valence-electron chi connectivity index (χ0n) is 18.9. The van der Waals surface area contributed by atoms with Crippen molar-refractivity contribution in [2.45, 2.75) is 4.90 Å². The Morgan fingerprint density at radius 3 is 1.89 bits per heavy atom. The number of hydrogen-bond donors (Lipinski definition) is 1. The number of nitrogens with zero attached hydrogens (tertiary/aromatic N) is 1. The topological polar surface area (TPSA) is 118 Å². The van der Waals surface area contributed by atoms with Gasteiger partial charge in [0.05, 0.1) is 26.7 Å². The number of hydrogen-bond acceptors (Lipinski definition) is 6. The average molecular weight is 536 g/mol. The Balaban J connectivity index is 1.74. The molecule has 0 saturated heterocycles. The van der Waals surface area contributed by atoms with E-state index in [0.717, 1.165) is 18.2 Å². The first kappa shape index (κ1) is 25.6. The van der Waals surface area contributed by atoms with Gasteiger partial charge in [-0.1, -0.05) is 48.0 Å². The van der Waals surface area contributed by atoms with Gasteiger partial charge in [-0.2, -0.15) is 4.31 Å². The summed E-state index contributed by atoms with van der Waals surface area (Å²) in [6.45, 7) is 0. The summed E-state index contributed by atoms with van der Waals surface area (Å²) < 4.78 is 33.2. The maximum absolute atomic E-state index is 13.7. The van der Waals surface area contributed by atoms with Gasteiger partial charge in [0.1, 0.15) is 5.75 Å². The Kier molecular flexibility index (Phi) is 7.37. The summed E-state index contributed by atoms with van der Waals surface area (Å²) >= 11 is 5.90. The molecular formula is C27H18ClNO7S. The Bertz CT molecular complexity index is 1570.